The maximum Gasteiger partial charge on any atom is 0.326 e. The first-order chi connectivity index (χ1) is 19.9. The minimum absolute atomic E-state index is 0.343. The fourth-order valence-corrected chi connectivity index (χ4v) is 7.23. The number of amides is 1. The molecule has 2 N–H and O–H groups in total. The van der Waals surface area contributed by atoms with Gasteiger partial charge in [-0.15, -0.1) is 0 Å². The van der Waals surface area contributed by atoms with E-state index in [0.717, 1.165) is 47.9 Å². The van der Waals surface area contributed by atoms with Crippen LogP contribution < -0.4 is 5.32 Å². The highest BCUT2D eigenvalue weighted by atomic mass is 32.2. The normalized spacial score (nSPS) is 20.7. The molecule has 2 aliphatic rings. The molecule has 0 aromatic heterocycles. The smallest absolute Gasteiger partial charge is 0.326 e. The second kappa shape index (κ2) is 15.8. The van der Waals surface area contributed by atoms with E-state index in [9.17, 15) is 14.7 Å². The highest BCUT2D eigenvalue weighted by Gasteiger charge is 2.32. The second-order valence-electron chi connectivity index (χ2n) is 12.1. The van der Waals surface area contributed by atoms with E-state index < -0.39 is 12.0 Å². The molecule has 0 radical (unpaired) electrons. The lowest BCUT2D eigenvalue weighted by molar-refractivity contribution is -0.139. The van der Waals surface area contributed by atoms with Crippen molar-refractivity contribution in [2.45, 2.75) is 83.3 Å². The molecule has 3 atom stereocenters. The Balaban J connectivity index is 1.53. The summed E-state index contributed by atoms with van der Waals surface area (Å²) in [6.45, 7) is 4.67. The lowest BCUT2D eigenvalue weighted by Gasteiger charge is -2.25. The van der Waals surface area contributed by atoms with Crippen molar-refractivity contribution in [1.29, 1.82) is 0 Å². The Morgan fingerprint density at radius 3 is 2.54 bits per heavy atom. The van der Waals surface area contributed by atoms with Crippen molar-refractivity contribution in [1.82, 2.24) is 10.2 Å². The van der Waals surface area contributed by atoms with E-state index >= 15 is 0 Å². The number of rotatable bonds is 14. The predicted molar refractivity (Wildman–Crippen MR) is 168 cm³/mol. The zero-order chi connectivity index (χ0) is 29.2. The van der Waals surface area contributed by atoms with Crippen LogP contribution in [0.1, 0.15) is 79.3 Å². The van der Waals surface area contributed by atoms with Gasteiger partial charge in [-0.3, -0.25) is 9.69 Å². The lowest BCUT2D eigenvalue weighted by atomic mass is 9.84. The molecule has 2 aromatic carbocycles. The fraction of sp³-hybridized carbons (Fsp3) is 0.588. The first kappa shape index (κ1) is 31.6. The van der Waals surface area contributed by atoms with Gasteiger partial charge >= 0.3 is 5.97 Å². The van der Waals surface area contributed by atoms with E-state index in [1.807, 2.05) is 49.6 Å². The second-order valence-corrected chi connectivity index (χ2v) is 13.0. The summed E-state index contributed by atoms with van der Waals surface area (Å²) in [7, 11) is 1.79. The van der Waals surface area contributed by atoms with Crippen LogP contribution in [0.25, 0.3) is 11.1 Å². The minimum Gasteiger partial charge on any atom is -0.480 e. The van der Waals surface area contributed by atoms with Gasteiger partial charge in [0.1, 0.15) is 6.04 Å². The Kier molecular flexibility index (Phi) is 12.1. The maximum absolute atomic E-state index is 13.5. The number of nitrogens with one attached hydrogen (secondary N) is 1. The third-order valence-electron chi connectivity index (χ3n) is 9.05. The van der Waals surface area contributed by atoms with E-state index in [2.05, 4.69) is 16.3 Å². The summed E-state index contributed by atoms with van der Waals surface area (Å²) in [4.78, 5) is 27.9. The quantitative estimate of drug-likeness (QED) is 0.256. The van der Waals surface area contributed by atoms with Gasteiger partial charge in [-0.05, 0) is 84.4 Å². The summed E-state index contributed by atoms with van der Waals surface area (Å²) in [5, 5.41) is 12.5. The summed E-state index contributed by atoms with van der Waals surface area (Å²) >= 11 is 1.57. The van der Waals surface area contributed by atoms with E-state index in [1.54, 1.807) is 18.9 Å². The van der Waals surface area contributed by atoms with Crippen molar-refractivity contribution in [2.24, 2.45) is 11.8 Å². The van der Waals surface area contributed by atoms with Crippen molar-refractivity contribution in [3.8, 4) is 11.1 Å². The Morgan fingerprint density at radius 1 is 1.07 bits per heavy atom. The number of carbonyl (C=O) groups excluding carboxylic acids is 1. The first-order valence-corrected chi connectivity index (χ1v) is 16.7. The molecular weight excluding hydrogens is 532 g/mol. The van der Waals surface area contributed by atoms with Gasteiger partial charge in [0.05, 0.1) is 6.61 Å². The van der Waals surface area contributed by atoms with Gasteiger partial charge in [0, 0.05) is 31.8 Å². The Bertz CT molecular complexity index is 1150. The van der Waals surface area contributed by atoms with Gasteiger partial charge in [0.15, 0.2) is 0 Å². The monoisotopic (exact) mass is 580 g/mol. The molecule has 0 bridgehead atoms. The molecule has 1 aliphatic heterocycles. The molecule has 4 rings (SSSR count). The molecule has 1 saturated heterocycles. The van der Waals surface area contributed by atoms with Crippen LogP contribution in [-0.4, -0.2) is 66.2 Å². The zero-order valence-electron chi connectivity index (χ0n) is 25.1. The molecule has 1 heterocycles. The van der Waals surface area contributed by atoms with Gasteiger partial charge in [0.25, 0.3) is 5.91 Å². The van der Waals surface area contributed by atoms with Crippen LogP contribution in [0.3, 0.4) is 0 Å². The number of methoxy groups -OCH3 is 1. The molecule has 224 valence electrons. The largest absolute Gasteiger partial charge is 0.480 e. The van der Waals surface area contributed by atoms with E-state index in [0.29, 0.717) is 29.7 Å². The van der Waals surface area contributed by atoms with Gasteiger partial charge in [-0.25, -0.2) is 4.79 Å². The summed E-state index contributed by atoms with van der Waals surface area (Å²) in [6.07, 6.45) is 13.2. The SMILES string of the molecule is COC[C@H]1C[C@H](CCC2CCCCC2)CN1Cc1ccc(C(=O)N[C@@H](CCSC)C(=O)O)c(-c2ccccc2C)c1. The molecule has 2 aromatic rings. The number of hydrogen-bond donors (Lipinski definition) is 2. The van der Waals surface area contributed by atoms with Crippen LogP contribution in [-0.2, 0) is 16.1 Å². The van der Waals surface area contributed by atoms with Gasteiger partial charge in [0.2, 0.25) is 0 Å². The number of ether oxygens (including phenoxy) is 1. The van der Waals surface area contributed by atoms with Crippen molar-refractivity contribution in [3.05, 3.63) is 59.2 Å². The zero-order valence-corrected chi connectivity index (χ0v) is 25.9. The average Bonchev–Trinajstić information content (AvgIpc) is 3.35. The average molecular weight is 581 g/mol. The van der Waals surface area contributed by atoms with Crippen LogP contribution in [0.4, 0.5) is 0 Å². The molecule has 6 nitrogen and oxygen atoms in total. The molecule has 0 spiro atoms. The molecule has 1 amide bonds. The highest BCUT2D eigenvalue weighted by Crippen LogP contribution is 2.35. The Labute approximate surface area is 250 Å². The molecule has 7 heteroatoms. The summed E-state index contributed by atoms with van der Waals surface area (Å²) in [6, 6.07) is 13.6. The third-order valence-corrected chi connectivity index (χ3v) is 9.69. The van der Waals surface area contributed by atoms with Crippen LogP contribution in [0, 0.1) is 18.8 Å². The van der Waals surface area contributed by atoms with Crippen LogP contribution in [0.5, 0.6) is 0 Å². The predicted octanol–water partition coefficient (Wildman–Crippen LogP) is 6.80. The molecule has 0 unspecified atom stereocenters. The van der Waals surface area contributed by atoms with Crippen molar-refractivity contribution >= 4 is 23.6 Å². The number of carboxylic acids is 1. The molecular formula is C34H48N2O4S. The number of carboxylic acid groups (broad SMARTS) is 1. The molecule has 1 saturated carbocycles. The number of aryl methyl sites for hydroxylation is 1. The van der Waals surface area contributed by atoms with E-state index in [-0.39, 0.29) is 5.91 Å². The topological polar surface area (TPSA) is 78.9 Å². The van der Waals surface area contributed by atoms with Crippen LogP contribution in [0.15, 0.2) is 42.5 Å². The number of nitrogens with zero attached hydrogens (tertiary/aromatic N) is 1. The maximum atomic E-state index is 13.5. The number of thioether (sulfide) groups is 1. The Morgan fingerprint density at radius 2 is 1.83 bits per heavy atom. The Hall–Kier alpha value is -2.35. The van der Waals surface area contributed by atoms with Crippen LogP contribution >= 0.6 is 11.8 Å². The fourth-order valence-electron chi connectivity index (χ4n) is 6.75. The summed E-state index contributed by atoms with van der Waals surface area (Å²) in [5.74, 6) is 0.936. The van der Waals surface area contributed by atoms with Crippen molar-refractivity contribution < 1.29 is 19.4 Å². The molecule has 41 heavy (non-hydrogen) atoms. The third kappa shape index (κ3) is 8.82. The van der Waals surface area contributed by atoms with Crippen molar-refractivity contribution in [3.63, 3.8) is 0 Å². The highest BCUT2D eigenvalue weighted by molar-refractivity contribution is 7.98. The van der Waals surface area contributed by atoms with E-state index in [1.165, 1.54) is 51.4 Å². The molecule has 1 aliphatic carbocycles. The van der Waals surface area contributed by atoms with E-state index in [4.69, 9.17) is 4.74 Å². The van der Waals surface area contributed by atoms with Gasteiger partial charge < -0.3 is 15.2 Å². The number of hydrogen-bond acceptors (Lipinski definition) is 5. The summed E-state index contributed by atoms with van der Waals surface area (Å²) < 4.78 is 5.64. The molecule has 2 fully saturated rings. The summed E-state index contributed by atoms with van der Waals surface area (Å²) in [5.41, 5.74) is 4.60. The number of aliphatic carboxylic acids is 1. The lowest BCUT2D eigenvalue weighted by Crippen LogP contribution is -2.41. The number of benzene rings is 2. The first-order valence-electron chi connectivity index (χ1n) is 15.3. The standard InChI is InChI=1S/C34H48N2O4S/c1-24-9-7-8-12-29(24)31-20-27(15-16-30(31)33(37)35-32(34(38)39)17-18-41-3)22-36-21-26(19-28(36)23-40-2)14-13-25-10-5-4-6-11-25/h7-9,12,15-16,20,25-26,28,32H,4-6,10-11,13-14,17-19,21-23H2,1-3H3,(H,35,37)(H,38,39)/t26-,28+,32-/m0/s1. The van der Waals surface area contributed by atoms with Crippen LogP contribution in [0.2, 0.25) is 0 Å². The van der Waals surface area contributed by atoms with Crippen molar-refractivity contribution in [2.75, 3.05) is 32.3 Å². The van der Waals surface area contributed by atoms with Gasteiger partial charge in [-0.2, -0.15) is 11.8 Å². The van der Waals surface area contributed by atoms with Gasteiger partial charge in [-0.1, -0.05) is 68.9 Å². The number of carbonyl (C=O) groups is 2. The minimum atomic E-state index is -1.00. The number of likely N-dealkylation sites (tertiary alicyclic amines) is 1.